The largest absolute Gasteiger partial charge is 0.143 e. The van der Waals surface area contributed by atoms with Gasteiger partial charge in [0.1, 0.15) is 0 Å². The van der Waals surface area contributed by atoms with E-state index in [1.54, 1.807) is 0 Å². The Morgan fingerprint density at radius 1 is 0.619 bits per heavy atom. The highest BCUT2D eigenvalue weighted by Gasteiger charge is 2.07. The van der Waals surface area contributed by atoms with Gasteiger partial charge in [0.25, 0.3) is 0 Å². The van der Waals surface area contributed by atoms with Crippen molar-refractivity contribution in [3.05, 3.63) is 77.9 Å². The van der Waals surface area contributed by atoms with Gasteiger partial charge in [-0.1, -0.05) is 48.5 Å². The summed E-state index contributed by atoms with van der Waals surface area (Å²) >= 11 is 4.59. The highest BCUT2D eigenvalue weighted by atomic mass is 32.1. The van der Waals surface area contributed by atoms with Crippen LogP contribution < -0.4 is 0 Å². The molecule has 3 aromatic carbocycles. The van der Waals surface area contributed by atoms with Crippen molar-refractivity contribution in [2.24, 2.45) is 0 Å². The van der Waals surface area contributed by atoms with Crippen molar-refractivity contribution in [3.63, 3.8) is 0 Å². The molecule has 0 N–H and O–H groups in total. The second kappa shape index (κ2) is 5.79. The zero-order chi connectivity index (χ0) is 14.8. The van der Waals surface area contributed by atoms with E-state index in [0.29, 0.717) is 0 Å². The molecule has 21 heavy (non-hydrogen) atoms. The molecule has 0 unspecified atom stereocenters. The van der Waals surface area contributed by atoms with Crippen LogP contribution in [0.5, 0.6) is 0 Å². The number of rotatable bonds is 2. The first-order chi connectivity index (χ1) is 10.1. The molecule has 0 heterocycles. The third kappa shape index (κ3) is 2.88. The van der Waals surface area contributed by atoms with Gasteiger partial charge in [0.05, 0.1) is 0 Å². The summed E-state index contributed by atoms with van der Waals surface area (Å²) in [6.45, 7) is 4.29. The number of benzene rings is 3. The first kappa shape index (κ1) is 14.0. The molecule has 0 radical (unpaired) electrons. The van der Waals surface area contributed by atoms with E-state index in [1.165, 1.54) is 33.4 Å². The topological polar surface area (TPSA) is 0 Å². The summed E-state index contributed by atoms with van der Waals surface area (Å²) < 4.78 is 0. The van der Waals surface area contributed by atoms with Crippen LogP contribution in [0.3, 0.4) is 0 Å². The first-order valence-corrected chi connectivity index (χ1v) is 7.56. The molecule has 0 aliphatic heterocycles. The lowest BCUT2D eigenvalue weighted by molar-refractivity contribution is 1.40. The van der Waals surface area contributed by atoms with Gasteiger partial charge < -0.3 is 0 Å². The van der Waals surface area contributed by atoms with E-state index in [4.69, 9.17) is 0 Å². The van der Waals surface area contributed by atoms with Crippen LogP contribution in [-0.2, 0) is 0 Å². The normalized spacial score (nSPS) is 10.6. The fourth-order valence-electron chi connectivity index (χ4n) is 2.72. The van der Waals surface area contributed by atoms with Gasteiger partial charge in [-0.05, 0) is 65.4 Å². The van der Waals surface area contributed by atoms with E-state index in [-0.39, 0.29) is 0 Å². The van der Waals surface area contributed by atoms with E-state index in [1.807, 2.05) is 0 Å². The van der Waals surface area contributed by atoms with Gasteiger partial charge in [-0.3, -0.25) is 0 Å². The summed E-state index contributed by atoms with van der Waals surface area (Å²) in [5.74, 6) is 0. The lowest BCUT2D eigenvalue weighted by Gasteiger charge is -2.11. The zero-order valence-corrected chi connectivity index (χ0v) is 13.2. The predicted molar refractivity (Wildman–Crippen MR) is 94.0 cm³/mol. The van der Waals surface area contributed by atoms with E-state index < -0.39 is 0 Å². The quantitative estimate of drug-likeness (QED) is 0.556. The molecule has 0 aliphatic rings. The molecule has 0 amide bonds. The molecule has 0 fully saturated rings. The second-order valence-corrected chi connectivity index (χ2v) is 5.91. The van der Waals surface area contributed by atoms with Crippen LogP contribution in [0.2, 0.25) is 0 Å². The van der Waals surface area contributed by atoms with E-state index in [9.17, 15) is 0 Å². The fraction of sp³-hybridized carbons (Fsp3) is 0.100. The van der Waals surface area contributed by atoms with Gasteiger partial charge in [-0.25, -0.2) is 0 Å². The van der Waals surface area contributed by atoms with Crippen LogP contribution >= 0.6 is 12.6 Å². The maximum Gasteiger partial charge on any atom is 0.00523 e. The summed E-state index contributed by atoms with van der Waals surface area (Å²) in [5, 5.41) is 0. The molecule has 0 spiro atoms. The van der Waals surface area contributed by atoms with Crippen LogP contribution in [0.15, 0.2) is 71.6 Å². The first-order valence-electron chi connectivity index (χ1n) is 7.11. The standard InChI is InChI=1S/C20H18S/c1-14-7-3-5-9-19(14)16-11-17(13-18(21)12-16)20-10-6-4-8-15(20)2/h3-13,21H,1-2H3. The molecule has 0 bridgehead atoms. The summed E-state index contributed by atoms with van der Waals surface area (Å²) in [4.78, 5) is 0.994. The minimum Gasteiger partial charge on any atom is -0.143 e. The summed E-state index contributed by atoms with van der Waals surface area (Å²) in [7, 11) is 0. The summed E-state index contributed by atoms with van der Waals surface area (Å²) in [6.07, 6.45) is 0. The van der Waals surface area contributed by atoms with Crippen molar-refractivity contribution < 1.29 is 0 Å². The number of thiol groups is 1. The lowest BCUT2D eigenvalue weighted by atomic mass is 9.95. The minimum atomic E-state index is 0.994. The van der Waals surface area contributed by atoms with Crippen molar-refractivity contribution >= 4 is 12.6 Å². The van der Waals surface area contributed by atoms with Crippen molar-refractivity contribution in [2.45, 2.75) is 18.7 Å². The Morgan fingerprint density at radius 3 is 1.48 bits per heavy atom. The van der Waals surface area contributed by atoms with Gasteiger partial charge >= 0.3 is 0 Å². The molecular formula is C20H18S. The zero-order valence-electron chi connectivity index (χ0n) is 12.3. The van der Waals surface area contributed by atoms with Crippen LogP contribution in [0, 0.1) is 13.8 Å². The molecule has 0 aliphatic carbocycles. The van der Waals surface area contributed by atoms with E-state index in [2.05, 4.69) is 93.2 Å². The van der Waals surface area contributed by atoms with Crippen LogP contribution in [0.4, 0.5) is 0 Å². The molecule has 104 valence electrons. The van der Waals surface area contributed by atoms with Crippen LogP contribution in [-0.4, -0.2) is 0 Å². The maximum absolute atomic E-state index is 4.59. The van der Waals surface area contributed by atoms with Crippen LogP contribution in [0.1, 0.15) is 11.1 Å². The Balaban J connectivity index is 2.18. The van der Waals surface area contributed by atoms with Gasteiger partial charge in [-0.2, -0.15) is 0 Å². The molecule has 3 rings (SSSR count). The SMILES string of the molecule is Cc1ccccc1-c1cc(S)cc(-c2ccccc2C)c1. The molecule has 3 aromatic rings. The summed E-state index contributed by atoms with van der Waals surface area (Å²) in [5.41, 5.74) is 7.54. The third-order valence-corrected chi connectivity index (χ3v) is 4.09. The molecule has 0 nitrogen and oxygen atoms in total. The maximum atomic E-state index is 4.59. The lowest BCUT2D eigenvalue weighted by Crippen LogP contribution is -1.87. The fourth-order valence-corrected chi connectivity index (χ4v) is 2.99. The molecule has 0 saturated carbocycles. The number of hydrogen-bond donors (Lipinski definition) is 1. The molecule has 1 heteroatoms. The Labute approximate surface area is 131 Å². The van der Waals surface area contributed by atoms with Gasteiger partial charge in [0, 0.05) is 4.90 Å². The Morgan fingerprint density at radius 2 is 1.05 bits per heavy atom. The Bertz CT molecular complexity index is 724. The Hall–Kier alpha value is -1.99. The average molecular weight is 290 g/mol. The van der Waals surface area contributed by atoms with Crippen molar-refractivity contribution in [1.29, 1.82) is 0 Å². The number of aryl methyl sites for hydroxylation is 2. The van der Waals surface area contributed by atoms with Crippen molar-refractivity contribution in [1.82, 2.24) is 0 Å². The molecule has 0 aromatic heterocycles. The number of hydrogen-bond acceptors (Lipinski definition) is 1. The van der Waals surface area contributed by atoms with Crippen molar-refractivity contribution in [3.8, 4) is 22.3 Å². The average Bonchev–Trinajstić information content (AvgIpc) is 2.47. The second-order valence-electron chi connectivity index (χ2n) is 5.40. The Kier molecular flexibility index (Phi) is 3.85. The predicted octanol–water partition coefficient (Wildman–Crippen LogP) is 5.93. The smallest absolute Gasteiger partial charge is 0.00523 e. The molecular weight excluding hydrogens is 272 g/mol. The highest BCUT2D eigenvalue weighted by Crippen LogP contribution is 2.32. The van der Waals surface area contributed by atoms with Crippen molar-refractivity contribution in [2.75, 3.05) is 0 Å². The van der Waals surface area contributed by atoms with Gasteiger partial charge in [0.15, 0.2) is 0 Å². The van der Waals surface area contributed by atoms with Crippen LogP contribution in [0.25, 0.3) is 22.3 Å². The third-order valence-electron chi connectivity index (χ3n) is 3.83. The monoisotopic (exact) mass is 290 g/mol. The minimum absolute atomic E-state index is 0.994. The molecule has 0 atom stereocenters. The van der Waals surface area contributed by atoms with Gasteiger partial charge in [-0.15, -0.1) is 12.6 Å². The highest BCUT2D eigenvalue weighted by molar-refractivity contribution is 7.80. The van der Waals surface area contributed by atoms with E-state index >= 15 is 0 Å². The van der Waals surface area contributed by atoms with E-state index in [0.717, 1.165) is 4.90 Å². The van der Waals surface area contributed by atoms with Gasteiger partial charge in [0.2, 0.25) is 0 Å². The summed E-state index contributed by atoms with van der Waals surface area (Å²) in [6, 6.07) is 23.5. The molecule has 0 saturated heterocycles.